The number of nitrogens with one attached hydrogen (secondary N) is 1. The first-order chi connectivity index (χ1) is 11.1. The Morgan fingerprint density at radius 3 is 2.87 bits per heavy atom. The molecule has 0 radical (unpaired) electrons. The fourth-order valence-electron chi connectivity index (χ4n) is 2.93. The van der Waals surface area contributed by atoms with Gasteiger partial charge in [0.2, 0.25) is 0 Å². The number of aryl methyl sites for hydroxylation is 1. The van der Waals surface area contributed by atoms with Crippen LogP contribution in [0.3, 0.4) is 0 Å². The van der Waals surface area contributed by atoms with Crippen LogP contribution in [0.15, 0.2) is 24.3 Å². The van der Waals surface area contributed by atoms with Crippen molar-refractivity contribution in [3.63, 3.8) is 0 Å². The Hall–Kier alpha value is -1.79. The van der Waals surface area contributed by atoms with E-state index < -0.39 is 0 Å². The smallest absolute Gasteiger partial charge is 0.265 e. The fraction of sp³-hybridized carbons (Fsp3) is 0.412. The third kappa shape index (κ3) is 3.43. The SMILES string of the molecule is CNCC1CCN(C(=O)c2sc(-c3ccc(F)cc3)nc2C)C1. The number of benzene rings is 1. The van der Waals surface area contributed by atoms with Crippen LogP contribution in [-0.4, -0.2) is 42.5 Å². The molecule has 1 aliphatic rings. The standard InChI is InChI=1S/C17H20FN3OS/c1-11-15(17(22)21-8-7-12(10-21)9-19-2)23-16(20-11)13-3-5-14(18)6-4-13/h3-6,12,19H,7-10H2,1-2H3. The summed E-state index contributed by atoms with van der Waals surface area (Å²) in [6, 6.07) is 6.22. The van der Waals surface area contributed by atoms with E-state index in [4.69, 9.17) is 0 Å². The topological polar surface area (TPSA) is 45.2 Å². The van der Waals surface area contributed by atoms with Crippen LogP contribution in [0.2, 0.25) is 0 Å². The van der Waals surface area contributed by atoms with E-state index >= 15 is 0 Å². The van der Waals surface area contributed by atoms with Crippen molar-refractivity contribution in [2.75, 3.05) is 26.7 Å². The molecule has 1 N–H and O–H groups in total. The van der Waals surface area contributed by atoms with Crippen LogP contribution in [0.5, 0.6) is 0 Å². The van der Waals surface area contributed by atoms with Gasteiger partial charge in [-0.2, -0.15) is 0 Å². The minimum Gasteiger partial charge on any atom is -0.338 e. The Kier molecular flexibility index (Phi) is 4.73. The second-order valence-electron chi connectivity index (χ2n) is 5.90. The largest absolute Gasteiger partial charge is 0.338 e. The predicted octanol–water partition coefficient (Wildman–Crippen LogP) is 2.94. The molecule has 1 aromatic carbocycles. The Balaban J connectivity index is 1.78. The van der Waals surface area contributed by atoms with E-state index in [0.29, 0.717) is 10.8 Å². The number of halogens is 1. The first kappa shape index (κ1) is 16.1. The molecule has 6 heteroatoms. The van der Waals surface area contributed by atoms with Crippen LogP contribution in [0.25, 0.3) is 10.6 Å². The predicted molar refractivity (Wildman–Crippen MR) is 90.2 cm³/mol. The molecule has 0 spiro atoms. The summed E-state index contributed by atoms with van der Waals surface area (Å²) in [6.45, 7) is 4.39. The van der Waals surface area contributed by atoms with Crippen LogP contribution in [0.4, 0.5) is 4.39 Å². The monoisotopic (exact) mass is 333 g/mol. The summed E-state index contributed by atoms with van der Waals surface area (Å²) >= 11 is 1.39. The Bertz CT molecular complexity index is 698. The second kappa shape index (κ2) is 6.76. The maximum absolute atomic E-state index is 13.0. The average Bonchev–Trinajstić information content (AvgIpc) is 3.15. The van der Waals surface area contributed by atoms with Crippen molar-refractivity contribution >= 4 is 17.2 Å². The molecule has 1 fully saturated rings. The molecule has 122 valence electrons. The number of rotatable bonds is 4. The lowest BCUT2D eigenvalue weighted by atomic mass is 10.1. The average molecular weight is 333 g/mol. The van der Waals surface area contributed by atoms with Gasteiger partial charge < -0.3 is 10.2 Å². The van der Waals surface area contributed by atoms with Crippen molar-refractivity contribution in [1.29, 1.82) is 0 Å². The van der Waals surface area contributed by atoms with Gasteiger partial charge in [0.25, 0.3) is 5.91 Å². The maximum Gasteiger partial charge on any atom is 0.265 e. The van der Waals surface area contributed by atoms with Crippen LogP contribution in [-0.2, 0) is 0 Å². The van der Waals surface area contributed by atoms with Gasteiger partial charge in [-0.15, -0.1) is 11.3 Å². The molecule has 0 saturated carbocycles. The number of carbonyl (C=O) groups is 1. The number of nitrogens with zero attached hydrogens (tertiary/aromatic N) is 2. The number of thiazole rings is 1. The van der Waals surface area contributed by atoms with Gasteiger partial charge in [0.15, 0.2) is 0 Å². The summed E-state index contributed by atoms with van der Waals surface area (Å²) < 4.78 is 13.0. The van der Waals surface area contributed by atoms with E-state index in [0.717, 1.165) is 42.3 Å². The van der Waals surface area contributed by atoms with Crippen LogP contribution >= 0.6 is 11.3 Å². The van der Waals surface area contributed by atoms with Gasteiger partial charge in [-0.3, -0.25) is 4.79 Å². The van der Waals surface area contributed by atoms with Crippen LogP contribution in [0.1, 0.15) is 21.8 Å². The van der Waals surface area contributed by atoms with Gasteiger partial charge >= 0.3 is 0 Å². The van der Waals surface area contributed by atoms with Gasteiger partial charge in [0, 0.05) is 18.7 Å². The summed E-state index contributed by atoms with van der Waals surface area (Å²) in [4.78, 5) is 19.8. The first-order valence-corrected chi connectivity index (χ1v) is 8.57. The molecule has 1 aromatic heterocycles. The molecule has 0 aliphatic carbocycles. The van der Waals surface area contributed by atoms with Crippen molar-refractivity contribution < 1.29 is 9.18 Å². The van der Waals surface area contributed by atoms with Crippen molar-refractivity contribution in [1.82, 2.24) is 15.2 Å². The number of likely N-dealkylation sites (tertiary alicyclic amines) is 1. The van der Waals surface area contributed by atoms with E-state index in [2.05, 4.69) is 10.3 Å². The molecular formula is C17H20FN3OS. The summed E-state index contributed by atoms with van der Waals surface area (Å²) in [7, 11) is 1.94. The molecule has 1 aliphatic heterocycles. The number of aromatic nitrogens is 1. The summed E-state index contributed by atoms with van der Waals surface area (Å²) in [5.41, 5.74) is 1.59. The molecule has 4 nitrogen and oxygen atoms in total. The summed E-state index contributed by atoms with van der Waals surface area (Å²) in [6.07, 6.45) is 1.04. The van der Waals surface area contributed by atoms with E-state index in [-0.39, 0.29) is 11.7 Å². The van der Waals surface area contributed by atoms with Crippen LogP contribution in [0, 0.1) is 18.7 Å². The second-order valence-corrected chi connectivity index (χ2v) is 6.90. The number of carbonyl (C=O) groups excluding carboxylic acids is 1. The number of amides is 1. The molecule has 2 aromatic rings. The molecule has 1 atom stereocenters. The highest BCUT2D eigenvalue weighted by Crippen LogP contribution is 2.30. The third-order valence-corrected chi connectivity index (χ3v) is 5.34. The Morgan fingerprint density at radius 2 is 2.17 bits per heavy atom. The number of hydrogen-bond acceptors (Lipinski definition) is 4. The van der Waals surface area contributed by atoms with E-state index in [1.165, 1.54) is 23.5 Å². The number of hydrogen-bond donors (Lipinski definition) is 1. The normalized spacial score (nSPS) is 17.7. The quantitative estimate of drug-likeness (QED) is 0.936. The Morgan fingerprint density at radius 1 is 1.43 bits per heavy atom. The summed E-state index contributed by atoms with van der Waals surface area (Å²) in [5.74, 6) is 0.312. The molecule has 0 bridgehead atoms. The Labute approximate surface area is 139 Å². The van der Waals surface area contributed by atoms with E-state index in [1.807, 2.05) is 18.9 Å². The van der Waals surface area contributed by atoms with Gasteiger partial charge in [-0.05, 0) is 57.1 Å². The van der Waals surface area contributed by atoms with E-state index in [9.17, 15) is 9.18 Å². The molecule has 2 heterocycles. The highest BCUT2D eigenvalue weighted by molar-refractivity contribution is 7.17. The minimum absolute atomic E-state index is 0.0620. The lowest BCUT2D eigenvalue weighted by molar-refractivity contribution is 0.0791. The van der Waals surface area contributed by atoms with Crippen molar-refractivity contribution in [3.8, 4) is 10.6 Å². The van der Waals surface area contributed by atoms with E-state index in [1.54, 1.807) is 12.1 Å². The highest BCUT2D eigenvalue weighted by Gasteiger charge is 2.28. The van der Waals surface area contributed by atoms with Crippen molar-refractivity contribution in [2.24, 2.45) is 5.92 Å². The highest BCUT2D eigenvalue weighted by atomic mass is 32.1. The molecule has 3 rings (SSSR count). The summed E-state index contributed by atoms with van der Waals surface area (Å²) in [5, 5.41) is 3.93. The van der Waals surface area contributed by atoms with Gasteiger partial charge in [-0.25, -0.2) is 9.37 Å². The first-order valence-electron chi connectivity index (χ1n) is 7.75. The van der Waals surface area contributed by atoms with Crippen LogP contribution < -0.4 is 5.32 Å². The molecule has 1 amide bonds. The van der Waals surface area contributed by atoms with Gasteiger partial charge in [-0.1, -0.05) is 0 Å². The lowest BCUT2D eigenvalue weighted by Crippen LogP contribution is -2.30. The molecular weight excluding hydrogens is 313 g/mol. The van der Waals surface area contributed by atoms with Crippen molar-refractivity contribution in [3.05, 3.63) is 40.7 Å². The maximum atomic E-state index is 13.0. The minimum atomic E-state index is -0.272. The molecule has 23 heavy (non-hydrogen) atoms. The molecule has 1 unspecified atom stereocenters. The zero-order chi connectivity index (χ0) is 16.4. The van der Waals surface area contributed by atoms with Gasteiger partial charge in [0.1, 0.15) is 15.7 Å². The lowest BCUT2D eigenvalue weighted by Gasteiger charge is -2.15. The zero-order valence-electron chi connectivity index (χ0n) is 13.3. The fourth-order valence-corrected chi connectivity index (χ4v) is 3.97. The third-order valence-electron chi connectivity index (χ3n) is 4.15. The molecule has 1 saturated heterocycles. The zero-order valence-corrected chi connectivity index (χ0v) is 14.1. The van der Waals surface area contributed by atoms with Gasteiger partial charge in [0.05, 0.1) is 5.69 Å². The van der Waals surface area contributed by atoms with Crippen molar-refractivity contribution in [2.45, 2.75) is 13.3 Å².